The summed E-state index contributed by atoms with van der Waals surface area (Å²) in [5.74, 6) is 1.41. The molecule has 0 saturated carbocycles. The van der Waals surface area contributed by atoms with Gasteiger partial charge in [0.05, 0.1) is 5.71 Å². The third-order valence-electron chi connectivity index (χ3n) is 4.59. The van der Waals surface area contributed by atoms with Gasteiger partial charge >= 0.3 is 0 Å². The van der Waals surface area contributed by atoms with Gasteiger partial charge in [0.15, 0.2) is 11.5 Å². The molecule has 136 valence electrons. The molecular weight excluding hydrogens is 348 g/mol. The second-order valence-corrected chi connectivity index (χ2v) is 7.68. The Kier molecular flexibility index (Phi) is 4.93. The van der Waals surface area contributed by atoms with E-state index in [-0.39, 0.29) is 19.2 Å². The van der Waals surface area contributed by atoms with Gasteiger partial charge < -0.3 is 14.8 Å². The highest BCUT2D eigenvalue weighted by Gasteiger charge is 2.23. The molecule has 4 rings (SSSR count). The molecule has 0 fully saturated rings. The fraction of sp³-hybridized carbons (Fsp3) is 0.400. The Morgan fingerprint density at radius 2 is 2.04 bits per heavy atom. The lowest BCUT2D eigenvalue weighted by Gasteiger charge is -2.06. The topological polar surface area (TPSA) is 59.9 Å². The molecule has 0 atom stereocenters. The summed E-state index contributed by atoms with van der Waals surface area (Å²) in [4.78, 5) is 17.9. The van der Waals surface area contributed by atoms with Gasteiger partial charge in [-0.15, -0.1) is 11.3 Å². The van der Waals surface area contributed by atoms with Gasteiger partial charge in [0.1, 0.15) is 11.5 Å². The van der Waals surface area contributed by atoms with Crippen LogP contribution in [-0.4, -0.2) is 25.0 Å². The third-order valence-corrected chi connectivity index (χ3v) is 5.70. The molecule has 2 aliphatic heterocycles. The summed E-state index contributed by atoms with van der Waals surface area (Å²) in [5, 5.41) is 3.90. The number of unbranched alkanes of at least 4 members (excludes halogenated alkanes) is 3. The molecule has 6 heteroatoms. The van der Waals surface area contributed by atoms with E-state index in [1.54, 1.807) is 11.3 Å². The zero-order valence-corrected chi connectivity index (χ0v) is 15.7. The van der Waals surface area contributed by atoms with E-state index in [4.69, 9.17) is 9.47 Å². The smallest absolute Gasteiger partial charge is 0.246 e. The van der Waals surface area contributed by atoms with Crippen LogP contribution in [0.4, 0.5) is 5.00 Å². The molecular formula is C20H22N2O3S. The number of ether oxygens (including phenoxy) is 2. The molecule has 2 aromatic rings. The van der Waals surface area contributed by atoms with Crippen molar-refractivity contribution in [2.45, 2.75) is 39.0 Å². The minimum Gasteiger partial charge on any atom is -0.454 e. The van der Waals surface area contributed by atoms with E-state index < -0.39 is 0 Å². The molecule has 26 heavy (non-hydrogen) atoms. The van der Waals surface area contributed by atoms with Crippen molar-refractivity contribution in [3.8, 4) is 11.5 Å². The molecule has 0 radical (unpaired) electrons. The van der Waals surface area contributed by atoms with Gasteiger partial charge in [-0.05, 0) is 37.1 Å². The van der Waals surface area contributed by atoms with Crippen LogP contribution in [-0.2, 0) is 11.2 Å². The summed E-state index contributed by atoms with van der Waals surface area (Å²) in [5.41, 5.74) is 2.79. The highest BCUT2D eigenvalue weighted by atomic mass is 32.1. The average molecular weight is 370 g/mol. The summed E-state index contributed by atoms with van der Waals surface area (Å²) in [7, 11) is 0. The van der Waals surface area contributed by atoms with E-state index >= 15 is 0 Å². The number of nitrogens with one attached hydrogen (secondary N) is 1. The normalized spacial score (nSPS) is 15.3. The first-order valence-electron chi connectivity index (χ1n) is 9.12. The van der Waals surface area contributed by atoms with Crippen LogP contribution in [0.1, 0.15) is 48.6 Å². The predicted octanol–water partition coefficient (Wildman–Crippen LogP) is 4.39. The first kappa shape index (κ1) is 17.1. The first-order valence-corrected chi connectivity index (χ1v) is 9.93. The van der Waals surface area contributed by atoms with Crippen LogP contribution in [0.5, 0.6) is 11.5 Å². The summed E-state index contributed by atoms with van der Waals surface area (Å²) < 4.78 is 10.9. The Labute approximate surface area is 157 Å². The number of aryl methyl sites for hydroxylation is 1. The number of amides is 1. The highest BCUT2D eigenvalue weighted by Crippen LogP contribution is 2.36. The van der Waals surface area contributed by atoms with Crippen molar-refractivity contribution in [1.82, 2.24) is 0 Å². The molecule has 2 aliphatic rings. The van der Waals surface area contributed by atoms with Crippen LogP contribution >= 0.6 is 11.3 Å². The number of rotatable bonds is 6. The first-order chi connectivity index (χ1) is 12.7. The highest BCUT2D eigenvalue weighted by molar-refractivity contribution is 7.16. The van der Waals surface area contributed by atoms with Crippen molar-refractivity contribution in [1.29, 1.82) is 0 Å². The minimum atomic E-state index is -0.0682. The molecule has 0 saturated heterocycles. The zero-order chi connectivity index (χ0) is 17.9. The molecule has 0 unspecified atom stereocenters. The van der Waals surface area contributed by atoms with Gasteiger partial charge in [-0.3, -0.25) is 9.79 Å². The SMILES string of the molecule is CCCCCCc1cc2c(s1)NC(=O)CN=C2c1ccc2c(c1)OCO2. The summed E-state index contributed by atoms with van der Waals surface area (Å²) in [6.45, 7) is 2.60. The molecule has 1 amide bonds. The number of thiophene rings is 1. The molecule has 5 nitrogen and oxygen atoms in total. The Bertz CT molecular complexity index is 857. The van der Waals surface area contributed by atoms with Crippen LogP contribution in [0.25, 0.3) is 0 Å². The second kappa shape index (κ2) is 7.50. The van der Waals surface area contributed by atoms with E-state index in [0.29, 0.717) is 0 Å². The van der Waals surface area contributed by atoms with Crippen molar-refractivity contribution in [2.75, 3.05) is 18.7 Å². The summed E-state index contributed by atoms with van der Waals surface area (Å²) in [6.07, 6.45) is 5.97. The molecule has 3 heterocycles. The molecule has 1 aromatic heterocycles. The fourth-order valence-electron chi connectivity index (χ4n) is 3.25. The van der Waals surface area contributed by atoms with Gasteiger partial charge in [-0.25, -0.2) is 0 Å². The van der Waals surface area contributed by atoms with Gasteiger partial charge in [0, 0.05) is 16.0 Å². The Morgan fingerprint density at radius 1 is 1.15 bits per heavy atom. The number of hydrogen-bond donors (Lipinski definition) is 1. The lowest BCUT2D eigenvalue weighted by atomic mass is 10.0. The number of fused-ring (bicyclic) bond motifs is 2. The van der Waals surface area contributed by atoms with E-state index in [0.717, 1.165) is 39.8 Å². The summed E-state index contributed by atoms with van der Waals surface area (Å²) >= 11 is 1.67. The van der Waals surface area contributed by atoms with Gasteiger partial charge in [0.2, 0.25) is 12.7 Å². The van der Waals surface area contributed by atoms with Crippen LogP contribution in [0.2, 0.25) is 0 Å². The predicted molar refractivity (Wildman–Crippen MR) is 104 cm³/mol. The number of aliphatic imine (C=N–C) groups is 1. The summed E-state index contributed by atoms with van der Waals surface area (Å²) in [6, 6.07) is 8.00. The van der Waals surface area contributed by atoms with E-state index in [1.807, 2.05) is 18.2 Å². The van der Waals surface area contributed by atoms with Crippen molar-refractivity contribution >= 4 is 28.0 Å². The lowest BCUT2D eigenvalue weighted by Crippen LogP contribution is -2.12. The maximum atomic E-state index is 12.1. The van der Waals surface area contributed by atoms with E-state index in [2.05, 4.69) is 23.3 Å². The molecule has 0 bridgehead atoms. The van der Waals surface area contributed by atoms with Crippen molar-refractivity contribution in [2.24, 2.45) is 4.99 Å². The number of hydrogen-bond acceptors (Lipinski definition) is 5. The van der Waals surface area contributed by atoms with E-state index in [9.17, 15) is 4.79 Å². The minimum absolute atomic E-state index is 0.0682. The van der Waals surface area contributed by atoms with Crippen LogP contribution in [0.3, 0.4) is 0 Å². The maximum Gasteiger partial charge on any atom is 0.246 e. The average Bonchev–Trinajstić information content (AvgIpc) is 3.22. The number of anilines is 1. The number of carbonyl (C=O) groups is 1. The van der Waals surface area contributed by atoms with Gasteiger partial charge in [-0.2, -0.15) is 0 Å². The molecule has 1 aromatic carbocycles. The second-order valence-electron chi connectivity index (χ2n) is 6.55. The Morgan fingerprint density at radius 3 is 2.92 bits per heavy atom. The molecule has 0 aliphatic carbocycles. The third kappa shape index (κ3) is 3.46. The largest absolute Gasteiger partial charge is 0.454 e. The molecule has 0 spiro atoms. The Hall–Kier alpha value is -2.34. The van der Waals surface area contributed by atoms with Crippen LogP contribution in [0.15, 0.2) is 29.3 Å². The standard InChI is InChI=1S/C20H22N2O3S/c1-2-3-4-5-6-14-10-15-19(21-11-18(23)22-20(15)26-14)13-7-8-16-17(9-13)25-12-24-16/h7-10H,2-6,11-12H2,1H3,(H,22,23). The van der Waals surface area contributed by atoms with Crippen molar-refractivity contribution in [3.63, 3.8) is 0 Å². The fourth-order valence-corrected chi connectivity index (χ4v) is 4.37. The molecule has 1 N–H and O–H groups in total. The zero-order valence-electron chi connectivity index (χ0n) is 14.8. The van der Waals surface area contributed by atoms with Gasteiger partial charge in [-0.1, -0.05) is 26.2 Å². The number of benzene rings is 1. The number of carbonyl (C=O) groups excluding carboxylic acids is 1. The quantitative estimate of drug-likeness (QED) is 0.767. The van der Waals surface area contributed by atoms with Crippen LogP contribution < -0.4 is 14.8 Å². The van der Waals surface area contributed by atoms with Gasteiger partial charge in [0.25, 0.3) is 0 Å². The maximum absolute atomic E-state index is 12.1. The monoisotopic (exact) mass is 370 g/mol. The van der Waals surface area contributed by atoms with Crippen molar-refractivity contribution < 1.29 is 14.3 Å². The van der Waals surface area contributed by atoms with E-state index in [1.165, 1.54) is 30.6 Å². The number of nitrogens with zero attached hydrogens (tertiary/aromatic N) is 1. The van der Waals surface area contributed by atoms with Crippen molar-refractivity contribution in [3.05, 3.63) is 40.3 Å². The van der Waals surface area contributed by atoms with Crippen LogP contribution in [0, 0.1) is 0 Å². The lowest BCUT2D eigenvalue weighted by molar-refractivity contribution is -0.114. The Balaban J connectivity index is 1.64.